The zero-order valence-corrected chi connectivity index (χ0v) is 61.9. The minimum absolute atomic E-state index is 0. The Morgan fingerprint density at radius 1 is 0.340 bits per heavy atom. The molecule has 20 nitrogen and oxygen atoms in total. The van der Waals surface area contributed by atoms with Crippen LogP contribution < -0.4 is 21.3 Å². The van der Waals surface area contributed by atoms with Crippen LogP contribution in [0, 0.1) is 5.92 Å². The Hall–Kier alpha value is -9.48. The number of carbonyl (C=O) groups excluding carboxylic acids is 4. The molecule has 0 spiro atoms. The van der Waals surface area contributed by atoms with E-state index in [1.165, 1.54) is 92.9 Å². The number of fused-ring (bicyclic) bond motifs is 4. The van der Waals surface area contributed by atoms with Crippen LogP contribution in [0.1, 0.15) is 149 Å². The quantitative estimate of drug-likeness (QED) is 0.0715. The van der Waals surface area contributed by atoms with Crippen LogP contribution in [0.15, 0.2) is 195 Å². The number of halogens is 4. The van der Waals surface area contributed by atoms with Crippen LogP contribution >= 0.6 is 46.4 Å². The van der Waals surface area contributed by atoms with Gasteiger partial charge in [-0.25, -0.2) is 19.9 Å². The molecule has 4 saturated heterocycles. The molecule has 8 aromatic heterocycles. The smallest absolute Gasteiger partial charge is 0.274 e. The average Bonchev–Trinajstić information content (AvgIpc) is 1.67. The van der Waals surface area contributed by atoms with Crippen molar-refractivity contribution in [2.45, 2.75) is 111 Å². The number of piperidine rings is 4. The molecule has 0 aliphatic carbocycles. The lowest BCUT2D eigenvalue weighted by Crippen LogP contribution is -2.32. The van der Waals surface area contributed by atoms with E-state index in [1.54, 1.807) is 97.6 Å². The number of hydrogen-bond donors (Lipinski definition) is 4. The number of likely N-dealkylation sites (tertiary alicyclic amines) is 4. The van der Waals surface area contributed by atoms with Gasteiger partial charge in [0.2, 0.25) is 0 Å². The van der Waals surface area contributed by atoms with E-state index < -0.39 is 0 Å². The Bertz CT molecular complexity index is 4620. The third kappa shape index (κ3) is 20.6. The Kier molecular flexibility index (Phi) is 26.4. The number of carbonyl (C=O) groups is 4. The summed E-state index contributed by atoms with van der Waals surface area (Å²) >= 11 is 23.9. The van der Waals surface area contributed by atoms with Crippen LogP contribution in [0.25, 0.3) is 22.6 Å². The van der Waals surface area contributed by atoms with Gasteiger partial charge in [-0.1, -0.05) is 104 Å². The number of pyridine rings is 4. The topological polar surface area (TPSA) is 199 Å². The highest BCUT2D eigenvalue weighted by Gasteiger charge is 2.22. The van der Waals surface area contributed by atoms with Crippen molar-refractivity contribution < 1.29 is 19.2 Å². The van der Waals surface area contributed by atoms with Gasteiger partial charge in [0.05, 0.1) is 24.8 Å². The first-order valence-electron chi connectivity index (χ1n) is 36.2. The Labute approximate surface area is 638 Å². The van der Waals surface area contributed by atoms with Crippen LogP contribution in [0.5, 0.6) is 0 Å². The molecule has 0 bridgehead atoms. The molecule has 16 rings (SSSR count). The normalized spacial score (nSPS) is 15.3. The monoisotopic (exact) mass is 1500 g/mol. The highest BCUT2D eigenvalue weighted by Crippen LogP contribution is 2.26. The minimum atomic E-state index is -0.206. The summed E-state index contributed by atoms with van der Waals surface area (Å²) in [5.41, 5.74) is 12.7. The summed E-state index contributed by atoms with van der Waals surface area (Å²) in [4.78, 5) is 77.9. The Morgan fingerprint density at radius 2 is 0.575 bits per heavy atom. The summed E-state index contributed by atoms with van der Waals surface area (Å²) in [7, 11) is 0. The molecule has 0 unspecified atom stereocenters. The third-order valence-electron chi connectivity index (χ3n) is 19.4. The molecule has 4 aromatic carbocycles. The lowest BCUT2D eigenvalue weighted by atomic mass is 9.99. The molecule has 12 aromatic rings. The van der Waals surface area contributed by atoms with Gasteiger partial charge >= 0.3 is 0 Å². The van der Waals surface area contributed by atoms with Crippen molar-refractivity contribution in [2.75, 3.05) is 73.6 Å². The fraction of sp³-hybridized carbons (Fsp3) is 0.317. The fourth-order valence-corrected chi connectivity index (χ4v) is 14.6. The predicted molar refractivity (Wildman–Crippen MR) is 426 cm³/mol. The number of nitrogens with zero attached hydrogens (tertiary/aromatic N) is 12. The number of imidazole rings is 4. The zero-order chi connectivity index (χ0) is 72.6. The number of benzene rings is 4. The van der Waals surface area contributed by atoms with E-state index in [4.69, 9.17) is 46.4 Å². The molecule has 4 fully saturated rings. The number of nitrogens with one attached hydrogen (secondary N) is 4. The SMILES string of the molecule is C.CC1CCN(Cc2ccn3c(C(=O)Nc4cccc(Cl)c4)cnc3c2)CC1.O=C(Nc1cccc(Cl)c1)c1cnc2cc(CN3CCCCC3)ccn12.O=C(Nc1cccc(Cl)c1)c1cnc2cc(CN3CCCCC3)ccn12.O=C(Nc1cccc(Cl)c1)c1cnc2cc(CN3CCCCC3)ccn12. The number of rotatable bonds is 16. The molecule has 106 heavy (non-hydrogen) atoms. The number of aromatic nitrogens is 8. The molecule has 550 valence electrons. The maximum atomic E-state index is 12.6. The standard InChI is InChI=1S/C21H23ClN4O.3C20H21ClN4O.CH4/c1-15-5-8-25(9-6-15)14-16-7-10-26-19(13-23-20(26)11-16)21(27)24-18-4-2-3-17(22)12-18;3*21-16-5-4-6-17(12-16)23-20(26)18-13-22-19-11-15(7-10-25(18)19)14-24-8-2-1-3-9-24;/h2-4,7,10-13,15H,5-6,8-9,14H2,1H3,(H,24,27);3*4-7,10-13H,1-3,8-9,14H2,(H,23,26);1H4. The van der Waals surface area contributed by atoms with E-state index in [0.29, 0.717) is 65.6 Å². The highest BCUT2D eigenvalue weighted by atomic mass is 35.5. The predicted octanol–water partition coefficient (Wildman–Crippen LogP) is 17.8. The summed E-state index contributed by atoms with van der Waals surface area (Å²) in [5.74, 6) is 0.00905. The fourth-order valence-electron chi connectivity index (χ4n) is 13.8. The van der Waals surface area contributed by atoms with E-state index >= 15 is 0 Å². The van der Waals surface area contributed by atoms with Gasteiger partial charge in [-0.2, -0.15) is 0 Å². The van der Waals surface area contributed by atoms with Crippen molar-refractivity contribution in [3.05, 3.63) is 260 Å². The van der Waals surface area contributed by atoms with Crippen LogP contribution in [0.2, 0.25) is 20.1 Å². The van der Waals surface area contributed by atoms with Crippen molar-refractivity contribution in [2.24, 2.45) is 5.92 Å². The van der Waals surface area contributed by atoms with Crippen molar-refractivity contribution >= 4 is 115 Å². The number of hydrogen-bond acceptors (Lipinski definition) is 12. The molecule has 0 radical (unpaired) electrons. The largest absolute Gasteiger partial charge is 0.321 e. The van der Waals surface area contributed by atoms with Gasteiger partial charge in [0.15, 0.2) is 0 Å². The first kappa shape index (κ1) is 76.2. The van der Waals surface area contributed by atoms with E-state index in [-0.39, 0.29) is 31.1 Å². The van der Waals surface area contributed by atoms with E-state index in [0.717, 1.165) is 107 Å². The second-order valence-corrected chi connectivity index (χ2v) is 29.2. The van der Waals surface area contributed by atoms with Gasteiger partial charge in [0.25, 0.3) is 23.6 Å². The molecule has 0 saturated carbocycles. The van der Waals surface area contributed by atoms with E-state index in [2.05, 4.69) is 116 Å². The van der Waals surface area contributed by atoms with Crippen molar-refractivity contribution in [1.29, 1.82) is 0 Å². The number of anilines is 4. The first-order valence-corrected chi connectivity index (χ1v) is 37.7. The summed E-state index contributed by atoms with van der Waals surface area (Å²) in [5, 5.41) is 13.8. The van der Waals surface area contributed by atoms with Crippen LogP contribution in [-0.4, -0.2) is 133 Å². The van der Waals surface area contributed by atoms with Gasteiger partial charge in [0, 0.05) is 93.8 Å². The van der Waals surface area contributed by atoms with Crippen molar-refractivity contribution in [1.82, 2.24) is 57.1 Å². The Balaban J connectivity index is 0.000000132. The third-order valence-corrected chi connectivity index (χ3v) is 20.4. The second kappa shape index (κ2) is 36.7. The summed E-state index contributed by atoms with van der Waals surface area (Å²) in [6.07, 6.45) is 28.3. The Morgan fingerprint density at radius 3 is 0.811 bits per heavy atom. The lowest BCUT2D eigenvalue weighted by molar-refractivity contribution is 0.101. The van der Waals surface area contributed by atoms with Gasteiger partial charge in [-0.05, 0) is 253 Å². The molecular formula is C82H90Cl4N16O4. The molecule has 4 N–H and O–H groups in total. The van der Waals surface area contributed by atoms with Gasteiger partial charge in [-0.3, -0.25) is 56.4 Å². The maximum Gasteiger partial charge on any atom is 0.274 e. The molecule has 12 heterocycles. The maximum absolute atomic E-state index is 12.6. The minimum Gasteiger partial charge on any atom is -0.321 e. The van der Waals surface area contributed by atoms with Gasteiger partial charge in [0.1, 0.15) is 45.4 Å². The van der Waals surface area contributed by atoms with E-state index in [1.807, 2.05) is 66.7 Å². The molecule has 4 aliphatic rings. The van der Waals surface area contributed by atoms with Gasteiger partial charge in [-0.15, -0.1) is 0 Å². The summed E-state index contributed by atoms with van der Waals surface area (Å²) in [6, 6.07) is 45.0. The van der Waals surface area contributed by atoms with E-state index in [9.17, 15) is 19.2 Å². The zero-order valence-electron chi connectivity index (χ0n) is 58.8. The summed E-state index contributed by atoms with van der Waals surface area (Å²) < 4.78 is 7.28. The van der Waals surface area contributed by atoms with Crippen LogP contribution in [0.4, 0.5) is 22.7 Å². The number of amides is 4. The van der Waals surface area contributed by atoms with Crippen LogP contribution in [0.3, 0.4) is 0 Å². The molecule has 4 aliphatic heterocycles. The molecule has 4 amide bonds. The second-order valence-electron chi connectivity index (χ2n) is 27.5. The molecule has 0 atom stereocenters. The van der Waals surface area contributed by atoms with Crippen molar-refractivity contribution in [3.63, 3.8) is 0 Å². The first-order chi connectivity index (χ1) is 51.1. The van der Waals surface area contributed by atoms with Crippen molar-refractivity contribution in [3.8, 4) is 0 Å². The molecule has 24 heteroatoms. The van der Waals surface area contributed by atoms with Crippen LogP contribution in [-0.2, 0) is 26.2 Å². The lowest BCUT2D eigenvalue weighted by Gasteiger charge is -2.30. The summed E-state index contributed by atoms with van der Waals surface area (Å²) in [6.45, 7) is 15.3. The highest BCUT2D eigenvalue weighted by molar-refractivity contribution is 6.32. The molecular weight excluding hydrogens is 1410 g/mol. The van der Waals surface area contributed by atoms with Gasteiger partial charge < -0.3 is 21.3 Å². The average molecular weight is 1510 g/mol.